The Hall–Kier alpha value is -1.40. The van der Waals surface area contributed by atoms with E-state index in [-0.39, 0.29) is 5.91 Å². The van der Waals surface area contributed by atoms with Gasteiger partial charge < -0.3 is 15.1 Å². The van der Waals surface area contributed by atoms with Crippen molar-refractivity contribution in [2.45, 2.75) is 39.8 Å². The number of hydrogen-bond acceptors (Lipinski definition) is 5. The molecule has 1 amide bonds. The molecule has 0 radical (unpaired) electrons. The molecule has 0 atom stereocenters. The summed E-state index contributed by atoms with van der Waals surface area (Å²) in [4.78, 5) is 20.6. The third-order valence-corrected chi connectivity index (χ3v) is 3.64. The van der Waals surface area contributed by atoms with Crippen LogP contribution in [0.2, 0.25) is 0 Å². The molecular weight excluding hydrogens is 256 g/mol. The molecule has 1 aromatic rings. The number of aryl methyl sites for hydroxylation is 2. The molecule has 1 fully saturated rings. The molecule has 1 aliphatic rings. The molecule has 6 heteroatoms. The third-order valence-electron chi connectivity index (χ3n) is 3.64. The van der Waals surface area contributed by atoms with Crippen molar-refractivity contribution < 1.29 is 9.21 Å². The molecule has 0 unspecified atom stereocenters. The first-order valence-electron chi connectivity index (χ1n) is 7.01. The van der Waals surface area contributed by atoms with Crippen molar-refractivity contribution in [2.24, 2.45) is 5.73 Å². The van der Waals surface area contributed by atoms with Gasteiger partial charge in [-0.15, -0.1) is 0 Å². The van der Waals surface area contributed by atoms with Crippen LogP contribution in [0, 0.1) is 13.8 Å². The summed E-state index contributed by atoms with van der Waals surface area (Å²) in [6.45, 7) is 11.1. The van der Waals surface area contributed by atoms with Crippen LogP contribution in [0.4, 0.5) is 0 Å². The van der Waals surface area contributed by atoms with Gasteiger partial charge in [-0.1, -0.05) is 0 Å². The van der Waals surface area contributed by atoms with Crippen molar-refractivity contribution in [1.29, 1.82) is 0 Å². The Bertz CT molecular complexity index is 462. The van der Waals surface area contributed by atoms with Crippen LogP contribution in [-0.2, 0) is 11.3 Å². The van der Waals surface area contributed by atoms with Crippen LogP contribution in [-0.4, -0.2) is 52.4 Å². The predicted molar refractivity (Wildman–Crippen MR) is 76.1 cm³/mol. The predicted octanol–water partition coefficient (Wildman–Crippen LogP) is 0.673. The number of hydrogen-bond donors (Lipinski definition) is 1. The fourth-order valence-corrected chi connectivity index (χ4v) is 2.31. The highest BCUT2D eigenvalue weighted by Crippen LogP contribution is 2.13. The van der Waals surface area contributed by atoms with Crippen LogP contribution in [0.25, 0.3) is 0 Å². The second kappa shape index (κ2) is 5.54. The van der Waals surface area contributed by atoms with E-state index in [0.29, 0.717) is 19.6 Å². The summed E-state index contributed by atoms with van der Waals surface area (Å²) < 4.78 is 5.59. The lowest BCUT2D eigenvalue weighted by Crippen LogP contribution is -2.56. The second-order valence-electron chi connectivity index (χ2n) is 6.04. The fourth-order valence-electron chi connectivity index (χ4n) is 2.31. The molecule has 20 heavy (non-hydrogen) atoms. The molecular formula is C14H24N4O2. The van der Waals surface area contributed by atoms with Crippen molar-refractivity contribution in [3.05, 3.63) is 17.3 Å². The number of amides is 1. The second-order valence-corrected chi connectivity index (χ2v) is 6.04. The van der Waals surface area contributed by atoms with Gasteiger partial charge in [0.05, 0.1) is 17.8 Å². The lowest BCUT2D eigenvalue weighted by Gasteiger charge is -2.37. The zero-order chi connectivity index (χ0) is 14.9. The van der Waals surface area contributed by atoms with Gasteiger partial charge in [0, 0.05) is 26.2 Å². The number of carbonyl (C=O) groups is 1. The van der Waals surface area contributed by atoms with E-state index in [9.17, 15) is 4.79 Å². The van der Waals surface area contributed by atoms with E-state index in [1.54, 1.807) is 13.8 Å². The zero-order valence-corrected chi connectivity index (χ0v) is 12.8. The average Bonchev–Trinajstić information content (AvgIpc) is 2.67. The Labute approximate surface area is 119 Å². The molecule has 112 valence electrons. The molecule has 0 spiro atoms. The van der Waals surface area contributed by atoms with E-state index in [4.69, 9.17) is 10.2 Å². The van der Waals surface area contributed by atoms with Gasteiger partial charge in [0.2, 0.25) is 11.8 Å². The smallest absolute Gasteiger partial charge is 0.242 e. The number of nitrogens with zero attached hydrogens (tertiary/aromatic N) is 3. The highest BCUT2D eigenvalue weighted by molar-refractivity contribution is 5.85. The maximum atomic E-state index is 12.1. The maximum Gasteiger partial charge on any atom is 0.242 e. The topological polar surface area (TPSA) is 75.6 Å². The lowest BCUT2D eigenvalue weighted by molar-refractivity contribution is -0.137. The zero-order valence-electron chi connectivity index (χ0n) is 12.8. The highest BCUT2D eigenvalue weighted by atomic mass is 16.4. The van der Waals surface area contributed by atoms with Crippen LogP contribution < -0.4 is 5.73 Å². The first-order chi connectivity index (χ1) is 9.27. The molecule has 2 heterocycles. The SMILES string of the molecule is Cc1nc(CN2CCN(C(=O)C(C)(C)N)CC2)oc1C. The standard InChI is InChI=1S/C14H24N4O2/c1-10-11(2)20-12(16-10)9-17-5-7-18(8-6-17)13(19)14(3,4)15/h5-9,15H2,1-4H3. The summed E-state index contributed by atoms with van der Waals surface area (Å²) in [7, 11) is 0. The first-order valence-corrected chi connectivity index (χ1v) is 7.01. The van der Waals surface area contributed by atoms with Crippen molar-refractivity contribution in [3.63, 3.8) is 0 Å². The average molecular weight is 280 g/mol. The van der Waals surface area contributed by atoms with Crippen molar-refractivity contribution in [2.75, 3.05) is 26.2 Å². The first kappa shape index (κ1) is 15.0. The molecule has 2 N–H and O–H groups in total. The normalized spacial score (nSPS) is 17.6. The number of aromatic nitrogens is 1. The van der Waals surface area contributed by atoms with Crippen LogP contribution >= 0.6 is 0 Å². The van der Waals surface area contributed by atoms with Gasteiger partial charge in [0.25, 0.3) is 0 Å². The summed E-state index contributed by atoms with van der Waals surface area (Å²) in [5.41, 5.74) is 6.01. The van der Waals surface area contributed by atoms with E-state index in [1.807, 2.05) is 18.7 Å². The summed E-state index contributed by atoms with van der Waals surface area (Å²) in [5, 5.41) is 0. The minimum absolute atomic E-state index is 0.0139. The molecule has 0 aliphatic carbocycles. The largest absolute Gasteiger partial charge is 0.444 e. The van der Waals surface area contributed by atoms with Gasteiger partial charge in [-0.25, -0.2) is 4.98 Å². The number of rotatable bonds is 3. The molecule has 1 saturated heterocycles. The van der Waals surface area contributed by atoms with Gasteiger partial charge >= 0.3 is 0 Å². The minimum atomic E-state index is -0.793. The van der Waals surface area contributed by atoms with Gasteiger partial charge in [-0.2, -0.15) is 0 Å². The number of carbonyl (C=O) groups excluding carboxylic acids is 1. The summed E-state index contributed by atoms with van der Waals surface area (Å²) in [6.07, 6.45) is 0. The van der Waals surface area contributed by atoms with E-state index in [0.717, 1.165) is 30.4 Å². The molecule has 6 nitrogen and oxygen atoms in total. The van der Waals surface area contributed by atoms with E-state index >= 15 is 0 Å². The van der Waals surface area contributed by atoms with Crippen LogP contribution in [0.1, 0.15) is 31.2 Å². The number of piperazine rings is 1. The highest BCUT2D eigenvalue weighted by Gasteiger charge is 2.30. The van der Waals surface area contributed by atoms with Crippen molar-refractivity contribution in [3.8, 4) is 0 Å². The minimum Gasteiger partial charge on any atom is -0.444 e. The van der Waals surface area contributed by atoms with Gasteiger partial charge in [-0.05, 0) is 27.7 Å². The summed E-state index contributed by atoms with van der Waals surface area (Å²) in [6, 6.07) is 0. The van der Waals surface area contributed by atoms with Crippen molar-refractivity contribution in [1.82, 2.24) is 14.8 Å². The Morgan fingerprint density at radius 2 is 1.90 bits per heavy atom. The fraction of sp³-hybridized carbons (Fsp3) is 0.714. The van der Waals surface area contributed by atoms with Crippen LogP contribution in [0.15, 0.2) is 4.42 Å². The monoisotopic (exact) mass is 280 g/mol. The van der Waals surface area contributed by atoms with Gasteiger partial charge in [-0.3, -0.25) is 9.69 Å². The lowest BCUT2D eigenvalue weighted by atomic mass is 10.0. The Balaban J connectivity index is 1.87. The molecule has 0 saturated carbocycles. The van der Waals surface area contributed by atoms with Crippen LogP contribution in [0.3, 0.4) is 0 Å². The Morgan fingerprint density at radius 1 is 1.30 bits per heavy atom. The van der Waals surface area contributed by atoms with E-state index < -0.39 is 5.54 Å². The van der Waals surface area contributed by atoms with Crippen LogP contribution in [0.5, 0.6) is 0 Å². The van der Waals surface area contributed by atoms with Crippen molar-refractivity contribution >= 4 is 5.91 Å². The Kier molecular flexibility index (Phi) is 4.15. The molecule has 0 bridgehead atoms. The van der Waals surface area contributed by atoms with E-state index in [2.05, 4.69) is 9.88 Å². The maximum absolute atomic E-state index is 12.1. The molecule has 1 aromatic heterocycles. The number of nitrogens with two attached hydrogens (primary N) is 1. The van der Waals surface area contributed by atoms with Gasteiger partial charge in [0.1, 0.15) is 5.76 Å². The quantitative estimate of drug-likeness (QED) is 0.881. The molecule has 1 aliphatic heterocycles. The van der Waals surface area contributed by atoms with Gasteiger partial charge in [0.15, 0.2) is 0 Å². The third kappa shape index (κ3) is 3.37. The Morgan fingerprint density at radius 3 is 2.35 bits per heavy atom. The molecule has 0 aromatic carbocycles. The summed E-state index contributed by atoms with van der Waals surface area (Å²) in [5.74, 6) is 1.64. The van der Waals surface area contributed by atoms with E-state index in [1.165, 1.54) is 0 Å². The molecule has 2 rings (SSSR count). The number of oxazole rings is 1. The summed E-state index contributed by atoms with van der Waals surface area (Å²) >= 11 is 0.